The average molecular weight is 225 g/mol. The quantitative estimate of drug-likeness (QED) is 0.392. The molecule has 0 aliphatic carbocycles. The average Bonchev–Trinajstić information content (AvgIpc) is 2.13. The van der Waals surface area contributed by atoms with Gasteiger partial charge in [-0.25, -0.2) is 4.79 Å². The number of hydrogen-bond donors (Lipinski definition) is 0. The first-order valence-electron chi connectivity index (χ1n) is 4.10. The second-order valence-corrected chi connectivity index (χ2v) is 4.18. The molecule has 0 N–H and O–H groups in total. The smallest absolute Gasteiger partial charge is 0.377 e. The highest BCUT2D eigenvalue weighted by atomic mass is 35.5. The minimum Gasteiger partial charge on any atom is -0.460 e. The lowest BCUT2D eigenvalue weighted by Crippen LogP contribution is -2.24. The van der Waals surface area contributed by atoms with Gasteiger partial charge in [0.2, 0.25) is 0 Å². The molecule has 0 radical (unpaired) electrons. The Bertz CT molecular complexity index is 184. The molecule has 0 bridgehead atoms. The second-order valence-electron chi connectivity index (χ2n) is 2.27. The van der Waals surface area contributed by atoms with Crippen LogP contribution in [-0.2, 0) is 14.3 Å². The van der Waals surface area contributed by atoms with Gasteiger partial charge in [-0.15, -0.1) is 23.4 Å². The van der Waals surface area contributed by atoms with Crippen LogP contribution in [0.1, 0.15) is 20.3 Å². The van der Waals surface area contributed by atoms with Gasteiger partial charge in [0.1, 0.15) is 4.71 Å². The van der Waals surface area contributed by atoms with Crippen molar-refractivity contribution in [2.75, 3.05) is 12.4 Å². The van der Waals surface area contributed by atoms with Gasteiger partial charge in [-0.05, 0) is 19.1 Å². The van der Waals surface area contributed by atoms with E-state index in [1.54, 1.807) is 6.92 Å². The largest absolute Gasteiger partial charge is 0.460 e. The van der Waals surface area contributed by atoms with Crippen molar-refractivity contribution in [3.8, 4) is 0 Å². The lowest BCUT2D eigenvalue weighted by Gasteiger charge is -2.05. The van der Waals surface area contributed by atoms with Crippen LogP contribution >= 0.6 is 23.4 Å². The fourth-order valence-electron chi connectivity index (χ4n) is 0.592. The van der Waals surface area contributed by atoms with Gasteiger partial charge in [0.25, 0.3) is 5.78 Å². The Morgan fingerprint density at radius 2 is 2.08 bits per heavy atom. The Morgan fingerprint density at radius 1 is 1.46 bits per heavy atom. The Balaban J connectivity index is 3.87. The maximum absolute atomic E-state index is 11.1. The predicted octanol–water partition coefficient (Wildman–Crippen LogP) is 1.83. The molecule has 3 nitrogen and oxygen atoms in total. The van der Waals surface area contributed by atoms with Gasteiger partial charge in [-0.3, -0.25) is 4.79 Å². The molecular formula is C8H13ClO3S. The van der Waals surface area contributed by atoms with Crippen molar-refractivity contribution < 1.29 is 14.3 Å². The number of carbonyl (C=O) groups is 2. The first-order valence-corrected chi connectivity index (χ1v) is 5.58. The minimum absolute atomic E-state index is 0.201. The molecule has 0 spiro atoms. The second kappa shape index (κ2) is 7.21. The highest BCUT2D eigenvalue weighted by Crippen LogP contribution is 2.17. The first-order chi connectivity index (χ1) is 6.13. The van der Waals surface area contributed by atoms with Gasteiger partial charge in [-0.2, -0.15) is 0 Å². The van der Waals surface area contributed by atoms with Crippen LogP contribution in [0, 0.1) is 0 Å². The number of ether oxygens (including phenoxy) is 1. The van der Waals surface area contributed by atoms with Gasteiger partial charge >= 0.3 is 5.97 Å². The summed E-state index contributed by atoms with van der Waals surface area (Å²) in [4.78, 5) is 22.0. The molecule has 0 amide bonds. The molecule has 0 aromatic rings. The summed E-state index contributed by atoms with van der Waals surface area (Å²) in [5.74, 6) is -0.743. The first kappa shape index (κ1) is 12.8. The summed E-state index contributed by atoms with van der Waals surface area (Å²) < 4.78 is 3.71. The van der Waals surface area contributed by atoms with E-state index in [0.29, 0.717) is 0 Å². The number of hydrogen-bond acceptors (Lipinski definition) is 4. The summed E-state index contributed by atoms with van der Waals surface area (Å²) in [6.45, 7) is 3.83. The number of halogens is 1. The van der Waals surface area contributed by atoms with Crippen LogP contribution in [0.5, 0.6) is 0 Å². The van der Waals surface area contributed by atoms with Crippen LogP contribution in [0.3, 0.4) is 0 Å². The van der Waals surface area contributed by atoms with Crippen molar-refractivity contribution in [1.82, 2.24) is 0 Å². The summed E-state index contributed by atoms with van der Waals surface area (Å²) in [6, 6.07) is 0. The number of Topliss-reactive ketones (excluding diaryl/α,β-unsaturated/α-hetero) is 1. The van der Waals surface area contributed by atoms with E-state index in [1.807, 2.05) is 6.92 Å². The highest BCUT2D eigenvalue weighted by molar-refractivity contribution is 8.01. The maximum Gasteiger partial charge on any atom is 0.377 e. The molecule has 0 aliphatic rings. The molecule has 0 aliphatic heterocycles. The van der Waals surface area contributed by atoms with Gasteiger partial charge in [0, 0.05) is 0 Å². The number of alkyl halides is 1. The van der Waals surface area contributed by atoms with E-state index < -0.39 is 16.5 Å². The van der Waals surface area contributed by atoms with Crippen LogP contribution in [0.4, 0.5) is 0 Å². The summed E-state index contributed by atoms with van der Waals surface area (Å²) >= 11 is 6.91. The van der Waals surface area contributed by atoms with E-state index in [4.69, 9.17) is 11.6 Å². The topological polar surface area (TPSA) is 43.4 Å². The lowest BCUT2D eigenvalue weighted by atomic mass is 10.4. The molecule has 13 heavy (non-hydrogen) atoms. The number of esters is 1. The molecule has 0 fully saturated rings. The molecule has 0 aromatic heterocycles. The fourth-order valence-corrected chi connectivity index (χ4v) is 1.64. The van der Waals surface area contributed by atoms with Crippen LogP contribution in [0.25, 0.3) is 0 Å². The molecule has 5 heteroatoms. The molecule has 0 heterocycles. The lowest BCUT2D eigenvalue weighted by molar-refractivity contribution is -0.152. The van der Waals surface area contributed by atoms with Gasteiger partial charge in [0.05, 0.1) is 6.61 Å². The van der Waals surface area contributed by atoms with Gasteiger partial charge in [-0.1, -0.05) is 6.92 Å². The van der Waals surface area contributed by atoms with Crippen molar-refractivity contribution in [2.24, 2.45) is 0 Å². The predicted molar refractivity (Wildman–Crippen MR) is 54.0 cm³/mol. The zero-order chi connectivity index (χ0) is 10.3. The molecule has 1 unspecified atom stereocenters. The Labute approximate surface area is 87.2 Å². The normalized spacial score (nSPS) is 12.2. The third kappa shape index (κ3) is 5.16. The third-order valence-electron chi connectivity index (χ3n) is 1.15. The molecule has 0 aromatic carbocycles. The van der Waals surface area contributed by atoms with E-state index in [9.17, 15) is 9.59 Å². The molecule has 0 rings (SSSR count). The Hall–Kier alpha value is -0.220. The summed E-state index contributed by atoms with van der Waals surface area (Å²) in [7, 11) is 0. The van der Waals surface area contributed by atoms with Crippen LogP contribution in [0.2, 0.25) is 0 Å². The Kier molecular flexibility index (Phi) is 7.09. The minimum atomic E-state index is -0.842. The van der Waals surface area contributed by atoms with Crippen LogP contribution in [-0.4, -0.2) is 28.8 Å². The standard InChI is InChI=1S/C8H13ClO3S/c1-3-5-13-7(9)6(10)8(11)12-4-2/h7H,3-5H2,1-2H3. The fraction of sp³-hybridized carbons (Fsp3) is 0.750. The zero-order valence-corrected chi connectivity index (χ0v) is 9.28. The summed E-state index contributed by atoms with van der Waals surface area (Å²) in [6.07, 6.45) is 0.921. The van der Waals surface area contributed by atoms with Gasteiger partial charge < -0.3 is 4.74 Å². The van der Waals surface area contributed by atoms with Crippen LogP contribution < -0.4 is 0 Å². The van der Waals surface area contributed by atoms with Gasteiger partial charge in [0.15, 0.2) is 0 Å². The monoisotopic (exact) mass is 224 g/mol. The third-order valence-corrected chi connectivity index (χ3v) is 2.88. The number of thioether (sulfide) groups is 1. The van der Waals surface area contributed by atoms with E-state index in [0.717, 1.165) is 12.2 Å². The van der Waals surface area contributed by atoms with Crippen molar-refractivity contribution in [3.63, 3.8) is 0 Å². The molecule has 0 saturated carbocycles. The maximum atomic E-state index is 11.1. The van der Waals surface area contributed by atoms with Crippen molar-refractivity contribution in [1.29, 1.82) is 0 Å². The van der Waals surface area contributed by atoms with E-state index >= 15 is 0 Å². The highest BCUT2D eigenvalue weighted by Gasteiger charge is 2.24. The van der Waals surface area contributed by atoms with Crippen LogP contribution in [0.15, 0.2) is 0 Å². The summed E-state index contributed by atoms with van der Waals surface area (Å²) in [5.41, 5.74) is 0. The number of ketones is 1. The molecular weight excluding hydrogens is 212 g/mol. The van der Waals surface area contributed by atoms with E-state index in [-0.39, 0.29) is 6.61 Å². The summed E-state index contributed by atoms with van der Waals surface area (Å²) in [5, 5.41) is 0. The molecule has 76 valence electrons. The molecule has 0 saturated heterocycles. The van der Waals surface area contributed by atoms with E-state index in [2.05, 4.69) is 4.74 Å². The number of carbonyl (C=O) groups excluding carboxylic acids is 2. The number of rotatable bonds is 6. The van der Waals surface area contributed by atoms with Crippen molar-refractivity contribution >= 4 is 35.1 Å². The molecule has 1 atom stereocenters. The Morgan fingerprint density at radius 3 is 2.54 bits per heavy atom. The van der Waals surface area contributed by atoms with Crippen molar-refractivity contribution in [2.45, 2.75) is 25.0 Å². The zero-order valence-electron chi connectivity index (χ0n) is 7.71. The SMILES string of the molecule is CCCSC(Cl)C(=O)C(=O)OCC. The van der Waals surface area contributed by atoms with E-state index in [1.165, 1.54) is 11.8 Å². The van der Waals surface area contributed by atoms with Crippen molar-refractivity contribution in [3.05, 3.63) is 0 Å².